The van der Waals surface area contributed by atoms with Gasteiger partial charge in [0.25, 0.3) is 0 Å². The highest BCUT2D eigenvalue weighted by atomic mass is 32.1. The molecule has 0 spiro atoms. The molecule has 2 heterocycles. The second kappa shape index (κ2) is 7.55. The van der Waals surface area contributed by atoms with Crippen LogP contribution in [-0.2, 0) is 11.3 Å². The molecule has 1 N–H and O–H groups in total. The lowest BCUT2D eigenvalue weighted by Gasteiger charge is -2.42. The quantitative estimate of drug-likeness (QED) is 0.837. The Bertz CT molecular complexity index is 366. The summed E-state index contributed by atoms with van der Waals surface area (Å²) in [6, 6.07) is 4.95. The molecular weight excluding hydrogens is 268 g/mol. The van der Waals surface area contributed by atoms with Gasteiger partial charge in [-0.3, -0.25) is 4.90 Å². The molecule has 114 valence electrons. The Morgan fingerprint density at radius 2 is 2.35 bits per heavy atom. The molecule has 1 aromatic rings. The van der Waals surface area contributed by atoms with Crippen LogP contribution in [0.5, 0.6) is 0 Å². The van der Waals surface area contributed by atoms with Gasteiger partial charge in [0, 0.05) is 42.6 Å². The lowest BCUT2D eigenvalue weighted by atomic mass is 9.81. The summed E-state index contributed by atoms with van der Waals surface area (Å²) in [6.45, 7) is 9.62. The van der Waals surface area contributed by atoms with E-state index in [1.165, 1.54) is 17.7 Å². The van der Waals surface area contributed by atoms with E-state index in [1.807, 2.05) is 11.3 Å². The summed E-state index contributed by atoms with van der Waals surface area (Å²) >= 11 is 1.85. The summed E-state index contributed by atoms with van der Waals surface area (Å²) in [7, 11) is 2.05. The molecule has 20 heavy (non-hydrogen) atoms. The lowest BCUT2D eigenvalue weighted by Crippen LogP contribution is -2.49. The maximum absolute atomic E-state index is 5.79. The van der Waals surface area contributed by atoms with E-state index in [2.05, 4.69) is 48.6 Å². The molecule has 0 bridgehead atoms. The van der Waals surface area contributed by atoms with E-state index >= 15 is 0 Å². The summed E-state index contributed by atoms with van der Waals surface area (Å²) in [5, 5.41) is 5.54. The van der Waals surface area contributed by atoms with Crippen molar-refractivity contribution in [3.63, 3.8) is 0 Å². The number of thiophene rings is 1. The van der Waals surface area contributed by atoms with Gasteiger partial charge in [-0.25, -0.2) is 0 Å². The van der Waals surface area contributed by atoms with Crippen LogP contribution in [0.1, 0.15) is 31.6 Å². The van der Waals surface area contributed by atoms with Gasteiger partial charge in [0.05, 0.1) is 6.61 Å². The first-order chi connectivity index (χ1) is 9.65. The van der Waals surface area contributed by atoms with Crippen LogP contribution in [-0.4, -0.2) is 44.3 Å². The van der Waals surface area contributed by atoms with E-state index in [0.717, 1.165) is 32.8 Å². The smallest absolute Gasteiger partial charge is 0.0546 e. The first-order valence-electron chi connectivity index (χ1n) is 7.64. The Labute approximate surface area is 127 Å². The molecule has 1 aliphatic rings. The number of hydrogen-bond acceptors (Lipinski definition) is 4. The molecule has 4 heteroatoms. The van der Waals surface area contributed by atoms with E-state index in [9.17, 15) is 0 Å². The predicted molar refractivity (Wildman–Crippen MR) is 86.3 cm³/mol. The molecule has 1 aliphatic heterocycles. The molecule has 0 amide bonds. The third-order valence-corrected chi connectivity index (χ3v) is 5.02. The molecule has 0 aromatic carbocycles. The van der Waals surface area contributed by atoms with Crippen molar-refractivity contribution in [1.29, 1.82) is 0 Å². The Morgan fingerprint density at radius 1 is 1.50 bits per heavy atom. The van der Waals surface area contributed by atoms with Crippen LogP contribution in [0.3, 0.4) is 0 Å². The van der Waals surface area contributed by atoms with Crippen molar-refractivity contribution >= 4 is 11.3 Å². The van der Waals surface area contributed by atoms with Crippen LogP contribution in [0.4, 0.5) is 0 Å². The van der Waals surface area contributed by atoms with E-state index in [-0.39, 0.29) is 5.41 Å². The molecular formula is C16H28N2OS. The monoisotopic (exact) mass is 296 g/mol. The van der Waals surface area contributed by atoms with Crippen molar-refractivity contribution in [2.45, 2.75) is 39.3 Å². The minimum absolute atomic E-state index is 0.272. The van der Waals surface area contributed by atoms with Crippen molar-refractivity contribution < 1.29 is 4.74 Å². The molecule has 1 fully saturated rings. The van der Waals surface area contributed by atoms with Crippen molar-refractivity contribution in [1.82, 2.24) is 10.2 Å². The maximum Gasteiger partial charge on any atom is 0.0546 e. The molecule has 1 atom stereocenters. The van der Waals surface area contributed by atoms with E-state index in [4.69, 9.17) is 4.74 Å². The number of hydrogen-bond donors (Lipinski definition) is 1. The lowest BCUT2D eigenvalue weighted by molar-refractivity contribution is -0.0314. The molecule has 0 saturated carbocycles. The fraction of sp³-hybridized carbons (Fsp3) is 0.750. The first kappa shape index (κ1) is 16.0. The maximum atomic E-state index is 5.79. The van der Waals surface area contributed by atoms with Gasteiger partial charge < -0.3 is 10.1 Å². The SMILES string of the molecule is CNCC1(CN(Cc2cccs2)C(C)C)CCCOC1. The minimum atomic E-state index is 0.272. The summed E-state index contributed by atoms with van der Waals surface area (Å²) in [6.07, 6.45) is 2.45. The fourth-order valence-corrected chi connectivity index (χ4v) is 3.79. The molecule has 1 unspecified atom stereocenters. The van der Waals surface area contributed by atoms with Gasteiger partial charge in [-0.05, 0) is 45.2 Å². The van der Waals surface area contributed by atoms with Crippen molar-refractivity contribution in [2.24, 2.45) is 5.41 Å². The highest BCUT2D eigenvalue weighted by Crippen LogP contribution is 2.30. The Hall–Kier alpha value is -0.420. The van der Waals surface area contributed by atoms with Crippen LogP contribution in [0.25, 0.3) is 0 Å². The van der Waals surface area contributed by atoms with Crippen molar-refractivity contribution in [2.75, 3.05) is 33.4 Å². The number of ether oxygens (including phenoxy) is 1. The summed E-state index contributed by atoms with van der Waals surface area (Å²) in [5.74, 6) is 0. The standard InChI is InChI=1S/C16H28N2OS/c1-14(2)18(10-15-6-4-9-20-15)12-16(11-17-3)7-5-8-19-13-16/h4,6,9,14,17H,5,7-8,10-13H2,1-3H3. The first-order valence-corrected chi connectivity index (χ1v) is 8.52. The summed E-state index contributed by atoms with van der Waals surface area (Å²) in [5.41, 5.74) is 0.272. The summed E-state index contributed by atoms with van der Waals surface area (Å²) in [4.78, 5) is 4.05. The molecule has 0 aliphatic carbocycles. The van der Waals surface area contributed by atoms with Gasteiger partial charge in [0.15, 0.2) is 0 Å². The zero-order valence-corrected chi connectivity index (χ0v) is 13.8. The number of rotatable bonds is 7. The molecule has 1 aromatic heterocycles. The predicted octanol–water partition coefficient (Wildman–Crippen LogP) is 2.97. The minimum Gasteiger partial charge on any atom is -0.381 e. The van der Waals surface area contributed by atoms with Crippen molar-refractivity contribution in [3.05, 3.63) is 22.4 Å². The summed E-state index contributed by atoms with van der Waals surface area (Å²) < 4.78 is 5.79. The molecule has 2 rings (SSSR count). The number of nitrogens with zero attached hydrogens (tertiary/aromatic N) is 1. The average molecular weight is 296 g/mol. The van der Waals surface area contributed by atoms with Gasteiger partial charge in [0.2, 0.25) is 0 Å². The van der Waals surface area contributed by atoms with Crippen LogP contribution in [0.2, 0.25) is 0 Å². The Morgan fingerprint density at radius 3 is 2.90 bits per heavy atom. The van der Waals surface area contributed by atoms with E-state index < -0.39 is 0 Å². The van der Waals surface area contributed by atoms with Gasteiger partial charge in [-0.1, -0.05) is 6.07 Å². The normalized spacial score (nSPS) is 23.6. The van der Waals surface area contributed by atoms with Crippen molar-refractivity contribution in [3.8, 4) is 0 Å². The third-order valence-electron chi connectivity index (χ3n) is 4.16. The molecule has 3 nitrogen and oxygen atoms in total. The highest BCUT2D eigenvalue weighted by molar-refractivity contribution is 7.09. The topological polar surface area (TPSA) is 24.5 Å². The van der Waals surface area contributed by atoms with Gasteiger partial charge in [0.1, 0.15) is 0 Å². The second-order valence-corrected chi connectivity index (χ2v) is 7.30. The van der Waals surface area contributed by atoms with Crippen LogP contribution < -0.4 is 5.32 Å². The van der Waals surface area contributed by atoms with E-state index in [1.54, 1.807) is 0 Å². The van der Waals surface area contributed by atoms with Crippen LogP contribution in [0.15, 0.2) is 17.5 Å². The van der Waals surface area contributed by atoms with Crippen LogP contribution >= 0.6 is 11.3 Å². The second-order valence-electron chi connectivity index (χ2n) is 6.26. The van der Waals surface area contributed by atoms with Gasteiger partial charge in [-0.15, -0.1) is 11.3 Å². The molecule has 1 saturated heterocycles. The van der Waals surface area contributed by atoms with E-state index in [0.29, 0.717) is 6.04 Å². The number of nitrogens with one attached hydrogen (secondary N) is 1. The zero-order chi connectivity index (χ0) is 14.4. The van der Waals surface area contributed by atoms with Gasteiger partial charge >= 0.3 is 0 Å². The largest absolute Gasteiger partial charge is 0.381 e. The third kappa shape index (κ3) is 4.29. The molecule has 0 radical (unpaired) electrons. The fourth-order valence-electron chi connectivity index (χ4n) is 3.06. The average Bonchev–Trinajstić information content (AvgIpc) is 2.92. The Balaban J connectivity index is 2.04. The highest BCUT2D eigenvalue weighted by Gasteiger charge is 2.34. The van der Waals surface area contributed by atoms with Crippen LogP contribution in [0, 0.1) is 5.41 Å². The van der Waals surface area contributed by atoms with Gasteiger partial charge in [-0.2, -0.15) is 0 Å². The Kier molecular flexibility index (Phi) is 6.02. The zero-order valence-electron chi connectivity index (χ0n) is 13.0.